The summed E-state index contributed by atoms with van der Waals surface area (Å²) in [6.45, 7) is 5.23. The van der Waals surface area contributed by atoms with Crippen LogP contribution in [0.2, 0.25) is 0 Å². The second-order valence-electron chi connectivity index (χ2n) is 5.25. The van der Waals surface area contributed by atoms with Gasteiger partial charge >= 0.3 is 0 Å². The summed E-state index contributed by atoms with van der Waals surface area (Å²) in [7, 11) is -3.46. The SMILES string of the molecule is CCCNS(=O)(=O)c1ccccc1NCCCC(C)CO. The maximum atomic E-state index is 12.2. The third-order valence-electron chi connectivity index (χ3n) is 3.22. The minimum absolute atomic E-state index is 0.186. The van der Waals surface area contributed by atoms with Gasteiger partial charge in [0.05, 0.1) is 5.69 Å². The van der Waals surface area contributed by atoms with E-state index in [1.165, 1.54) is 0 Å². The van der Waals surface area contributed by atoms with Gasteiger partial charge in [-0.3, -0.25) is 0 Å². The zero-order chi connectivity index (χ0) is 15.7. The zero-order valence-electron chi connectivity index (χ0n) is 12.8. The van der Waals surface area contributed by atoms with Crippen molar-refractivity contribution in [2.24, 2.45) is 5.92 Å². The lowest BCUT2D eigenvalue weighted by Gasteiger charge is -2.13. The first-order valence-corrected chi connectivity index (χ1v) is 8.93. The van der Waals surface area contributed by atoms with Crippen molar-refractivity contribution in [3.8, 4) is 0 Å². The van der Waals surface area contributed by atoms with E-state index in [0.29, 0.717) is 18.8 Å². The molecule has 0 aliphatic heterocycles. The minimum Gasteiger partial charge on any atom is -0.396 e. The highest BCUT2D eigenvalue weighted by atomic mass is 32.2. The molecule has 6 heteroatoms. The molecule has 0 amide bonds. The van der Waals surface area contributed by atoms with E-state index < -0.39 is 10.0 Å². The average molecular weight is 314 g/mol. The first-order chi connectivity index (χ1) is 10.0. The molecule has 0 saturated heterocycles. The summed E-state index contributed by atoms with van der Waals surface area (Å²) in [4.78, 5) is 0.286. The number of aliphatic hydroxyl groups excluding tert-OH is 1. The number of nitrogens with one attached hydrogen (secondary N) is 2. The molecule has 0 aliphatic carbocycles. The zero-order valence-corrected chi connectivity index (χ0v) is 13.6. The van der Waals surface area contributed by atoms with E-state index in [1.54, 1.807) is 18.2 Å². The molecule has 5 nitrogen and oxygen atoms in total. The molecule has 0 aliphatic rings. The Labute approximate surface area is 127 Å². The van der Waals surface area contributed by atoms with Crippen LogP contribution in [-0.2, 0) is 10.0 Å². The third-order valence-corrected chi connectivity index (χ3v) is 4.74. The molecule has 0 spiro atoms. The topological polar surface area (TPSA) is 78.4 Å². The van der Waals surface area contributed by atoms with Crippen molar-refractivity contribution < 1.29 is 13.5 Å². The number of hydrogen-bond acceptors (Lipinski definition) is 4. The smallest absolute Gasteiger partial charge is 0.242 e. The van der Waals surface area contributed by atoms with Crippen LogP contribution in [0.4, 0.5) is 5.69 Å². The van der Waals surface area contributed by atoms with Crippen molar-refractivity contribution in [1.82, 2.24) is 4.72 Å². The Bertz CT molecular complexity index is 517. The number of benzene rings is 1. The number of aliphatic hydroxyl groups is 1. The molecule has 0 aromatic heterocycles. The van der Waals surface area contributed by atoms with Crippen molar-refractivity contribution in [1.29, 1.82) is 0 Å². The van der Waals surface area contributed by atoms with Gasteiger partial charge in [0, 0.05) is 19.7 Å². The van der Waals surface area contributed by atoms with Crippen LogP contribution in [0.25, 0.3) is 0 Å². The van der Waals surface area contributed by atoms with Gasteiger partial charge in [-0.2, -0.15) is 0 Å². The summed E-state index contributed by atoms with van der Waals surface area (Å²) in [5, 5.41) is 12.2. The average Bonchev–Trinajstić information content (AvgIpc) is 2.49. The first kappa shape index (κ1) is 17.9. The predicted molar refractivity (Wildman–Crippen MR) is 85.9 cm³/mol. The summed E-state index contributed by atoms with van der Waals surface area (Å²) in [6.07, 6.45) is 2.55. The molecule has 1 unspecified atom stereocenters. The van der Waals surface area contributed by atoms with Gasteiger partial charge in [0.15, 0.2) is 0 Å². The molecule has 120 valence electrons. The number of hydrogen-bond donors (Lipinski definition) is 3. The van der Waals surface area contributed by atoms with E-state index in [1.807, 2.05) is 19.9 Å². The van der Waals surface area contributed by atoms with Gasteiger partial charge in [0.25, 0.3) is 0 Å². The largest absolute Gasteiger partial charge is 0.396 e. The minimum atomic E-state index is -3.46. The number of rotatable bonds is 10. The van der Waals surface area contributed by atoms with Crippen LogP contribution in [0.1, 0.15) is 33.1 Å². The summed E-state index contributed by atoms with van der Waals surface area (Å²) in [5.41, 5.74) is 0.623. The number of anilines is 1. The summed E-state index contributed by atoms with van der Waals surface area (Å²) in [5.74, 6) is 0.275. The van der Waals surface area contributed by atoms with Gasteiger partial charge in [-0.05, 0) is 37.3 Å². The monoisotopic (exact) mass is 314 g/mol. The second kappa shape index (κ2) is 9.02. The van der Waals surface area contributed by atoms with Crippen LogP contribution >= 0.6 is 0 Å². The van der Waals surface area contributed by atoms with Crippen LogP contribution in [0.15, 0.2) is 29.2 Å². The Kier molecular flexibility index (Phi) is 7.71. The Balaban J connectivity index is 2.67. The Hall–Kier alpha value is -1.11. The molecule has 0 radical (unpaired) electrons. The third kappa shape index (κ3) is 6.03. The van der Waals surface area contributed by atoms with E-state index in [-0.39, 0.29) is 17.4 Å². The van der Waals surface area contributed by atoms with Gasteiger partial charge < -0.3 is 10.4 Å². The highest BCUT2D eigenvalue weighted by molar-refractivity contribution is 7.89. The standard InChI is InChI=1S/C15H26N2O3S/c1-3-10-17-21(19,20)15-9-5-4-8-14(15)16-11-6-7-13(2)12-18/h4-5,8-9,13,16-18H,3,6-7,10-12H2,1-2H3. The Morgan fingerprint density at radius 3 is 2.62 bits per heavy atom. The van der Waals surface area contributed by atoms with Gasteiger partial charge in [-0.1, -0.05) is 26.0 Å². The first-order valence-electron chi connectivity index (χ1n) is 7.44. The molecule has 1 aromatic rings. The number of para-hydroxylation sites is 1. The lowest BCUT2D eigenvalue weighted by molar-refractivity contribution is 0.229. The maximum Gasteiger partial charge on any atom is 0.242 e. The van der Waals surface area contributed by atoms with Crippen molar-refractivity contribution in [3.63, 3.8) is 0 Å². The summed E-state index contributed by atoms with van der Waals surface area (Å²) >= 11 is 0. The van der Waals surface area contributed by atoms with Crippen LogP contribution < -0.4 is 10.0 Å². The molecule has 3 N–H and O–H groups in total. The second-order valence-corrected chi connectivity index (χ2v) is 6.99. The highest BCUT2D eigenvalue weighted by Crippen LogP contribution is 2.20. The molecule has 21 heavy (non-hydrogen) atoms. The normalized spacial score (nSPS) is 13.1. The quantitative estimate of drug-likeness (QED) is 0.579. The molecule has 1 aromatic carbocycles. The molecular formula is C15H26N2O3S. The van der Waals surface area contributed by atoms with Crippen LogP contribution in [-0.4, -0.2) is 33.2 Å². The van der Waals surface area contributed by atoms with E-state index >= 15 is 0 Å². The maximum absolute atomic E-state index is 12.2. The van der Waals surface area contributed by atoms with Gasteiger partial charge in [-0.15, -0.1) is 0 Å². The summed E-state index contributed by atoms with van der Waals surface area (Å²) in [6, 6.07) is 6.92. The van der Waals surface area contributed by atoms with E-state index in [9.17, 15) is 8.42 Å². The molecule has 1 atom stereocenters. The number of sulfonamides is 1. The summed E-state index contributed by atoms with van der Waals surface area (Å²) < 4.78 is 27.0. The van der Waals surface area contributed by atoms with Crippen molar-refractivity contribution in [2.75, 3.05) is 25.0 Å². The Morgan fingerprint density at radius 1 is 1.24 bits per heavy atom. The molecule has 0 fully saturated rings. The molecule has 0 heterocycles. The van der Waals surface area contributed by atoms with E-state index in [4.69, 9.17) is 5.11 Å². The van der Waals surface area contributed by atoms with Crippen LogP contribution in [0.3, 0.4) is 0 Å². The van der Waals surface area contributed by atoms with Crippen molar-refractivity contribution in [3.05, 3.63) is 24.3 Å². The van der Waals surface area contributed by atoms with E-state index in [0.717, 1.165) is 19.3 Å². The molecule has 1 rings (SSSR count). The fourth-order valence-corrected chi connectivity index (χ4v) is 3.24. The molecule has 0 saturated carbocycles. The Morgan fingerprint density at radius 2 is 1.95 bits per heavy atom. The fraction of sp³-hybridized carbons (Fsp3) is 0.600. The van der Waals surface area contributed by atoms with Crippen LogP contribution in [0.5, 0.6) is 0 Å². The van der Waals surface area contributed by atoms with E-state index in [2.05, 4.69) is 10.0 Å². The van der Waals surface area contributed by atoms with Crippen molar-refractivity contribution in [2.45, 2.75) is 38.0 Å². The fourth-order valence-electron chi connectivity index (χ4n) is 1.93. The van der Waals surface area contributed by atoms with Gasteiger partial charge in [-0.25, -0.2) is 13.1 Å². The molecular weight excluding hydrogens is 288 g/mol. The van der Waals surface area contributed by atoms with Gasteiger partial charge in [0.2, 0.25) is 10.0 Å². The predicted octanol–water partition coefficient (Wildman–Crippen LogP) is 2.20. The lowest BCUT2D eigenvalue weighted by atomic mass is 10.1. The van der Waals surface area contributed by atoms with Crippen LogP contribution in [0, 0.1) is 5.92 Å². The lowest BCUT2D eigenvalue weighted by Crippen LogP contribution is -2.25. The highest BCUT2D eigenvalue weighted by Gasteiger charge is 2.17. The molecule has 0 bridgehead atoms. The van der Waals surface area contributed by atoms with Gasteiger partial charge in [0.1, 0.15) is 4.90 Å². The van der Waals surface area contributed by atoms with Crippen molar-refractivity contribution >= 4 is 15.7 Å².